The van der Waals surface area contributed by atoms with Crippen LogP contribution in [0.15, 0.2) is 47.3 Å². The molecule has 1 N–H and O–H groups in total. The predicted octanol–water partition coefficient (Wildman–Crippen LogP) is 2.75. The minimum absolute atomic E-state index is 0.0139. The molecule has 21 heavy (non-hydrogen) atoms. The van der Waals surface area contributed by atoms with Crippen molar-refractivity contribution in [1.29, 1.82) is 0 Å². The molecule has 0 saturated heterocycles. The van der Waals surface area contributed by atoms with Gasteiger partial charge in [0.1, 0.15) is 5.82 Å². The van der Waals surface area contributed by atoms with E-state index in [1.165, 1.54) is 4.57 Å². The molecular formula is C16H13ClN2O2. The molecule has 0 atom stereocenters. The van der Waals surface area contributed by atoms with E-state index in [9.17, 15) is 4.79 Å². The second-order valence-electron chi connectivity index (χ2n) is 4.82. The van der Waals surface area contributed by atoms with Crippen molar-refractivity contribution < 1.29 is 5.11 Å². The highest BCUT2D eigenvalue weighted by atomic mass is 35.5. The van der Waals surface area contributed by atoms with E-state index in [-0.39, 0.29) is 12.2 Å². The summed E-state index contributed by atoms with van der Waals surface area (Å²) in [6.07, 6.45) is 0. The summed E-state index contributed by atoms with van der Waals surface area (Å²) in [7, 11) is 1.69. The number of aromatic nitrogens is 2. The fraction of sp³-hybridized carbons (Fsp3) is 0.125. The normalized spacial score (nSPS) is 11.0. The maximum absolute atomic E-state index is 12.4. The van der Waals surface area contributed by atoms with E-state index in [2.05, 4.69) is 4.98 Å². The number of nitrogens with zero attached hydrogens (tertiary/aromatic N) is 2. The van der Waals surface area contributed by atoms with Crippen molar-refractivity contribution in [3.05, 3.63) is 63.4 Å². The first-order valence-corrected chi connectivity index (χ1v) is 6.84. The monoisotopic (exact) mass is 300 g/mol. The summed E-state index contributed by atoms with van der Waals surface area (Å²) in [5, 5.41) is 10.2. The van der Waals surface area contributed by atoms with Crippen molar-refractivity contribution in [3.63, 3.8) is 0 Å². The van der Waals surface area contributed by atoms with Gasteiger partial charge in [0.05, 0.1) is 17.5 Å². The van der Waals surface area contributed by atoms with Gasteiger partial charge >= 0.3 is 0 Å². The maximum Gasteiger partial charge on any atom is 0.261 e. The molecule has 4 nitrogen and oxygen atoms in total. The van der Waals surface area contributed by atoms with Crippen LogP contribution < -0.4 is 5.56 Å². The van der Waals surface area contributed by atoms with Crippen molar-refractivity contribution in [3.8, 4) is 11.4 Å². The number of aliphatic hydroxyl groups excluding tert-OH is 1. The molecule has 1 heterocycles. The van der Waals surface area contributed by atoms with E-state index in [0.717, 1.165) is 11.1 Å². The molecule has 3 aromatic rings. The van der Waals surface area contributed by atoms with Crippen LogP contribution in [0.3, 0.4) is 0 Å². The Morgan fingerprint density at radius 2 is 1.90 bits per heavy atom. The topological polar surface area (TPSA) is 55.1 Å². The van der Waals surface area contributed by atoms with Gasteiger partial charge in [-0.15, -0.1) is 0 Å². The van der Waals surface area contributed by atoms with Crippen LogP contribution in [0.25, 0.3) is 22.3 Å². The zero-order valence-electron chi connectivity index (χ0n) is 11.4. The van der Waals surface area contributed by atoms with E-state index in [4.69, 9.17) is 16.7 Å². The summed E-state index contributed by atoms with van der Waals surface area (Å²) in [4.78, 5) is 16.9. The molecule has 5 heteroatoms. The van der Waals surface area contributed by atoms with E-state index in [1.54, 1.807) is 25.2 Å². The second-order valence-corrected chi connectivity index (χ2v) is 5.25. The van der Waals surface area contributed by atoms with E-state index < -0.39 is 0 Å². The van der Waals surface area contributed by atoms with E-state index in [1.807, 2.05) is 24.3 Å². The Balaban J connectivity index is 2.26. The third-order valence-corrected chi connectivity index (χ3v) is 3.67. The number of rotatable bonds is 2. The van der Waals surface area contributed by atoms with Crippen molar-refractivity contribution in [2.24, 2.45) is 7.05 Å². The third-order valence-electron chi connectivity index (χ3n) is 3.43. The summed E-state index contributed by atoms with van der Waals surface area (Å²) >= 11 is 5.97. The molecule has 0 unspecified atom stereocenters. The van der Waals surface area contributed by atoms with Crippen LogP contribution in [0.2, 0.25) is 5.02 Å². The molecule has 2 aromatic carbocycles. The first-order valence-electron chi connectivity index (χ1n) is 6.46. The molecule has 0 radical (unpaired) electrons. The molecule has 0 aliphatic heterocycles. The Labute approximate surface area is 126 Å². The van der Waals surface area contributed by atoms with Crippen molar-refractivity contribution >= 4 is 22.5 Å². The molecule has 0 bridgehead atoms. The molecule has 0 amide bonds. The van der Waals surface area contributed by atoms with Crippen LogP contribution in [0.5, 0.6) is 0 Å². The maximum atomic E-state index is 12.4. The lowest BCUT2D eigenvalue weighted by atomic mass is 10.1. The van der Waals surface area contributed by atoms with Crippen molar-refractivity contribution in [1.82, 2.24) is 9.55 Å². The standard InChI is InChI=1S/C16H13ClN2O2/c1-19-15(11-4-2-10(9-20)3-5-11)18-14-8-12(17)6-7-13(14)16(19)21/h2-8,20H,9H2,1H3. The van der Waals surface area contributed by atoms with Gasteiger partial charge in [0.2, 0.25) is 0 Å². The molecule has 0 aliphatic carbocycles. The molecule has 0 fully saturated rings. The molecule has 1 aromatic heterocycles. The average molecular weight is 301 g/mol. The average Bonchev–Trinajstić information content (AvgIpc) is 2.51. The van der Waals surface area contributed by atoms with Crippen LogP contribution in [0.1, 0.15) is 5.56 Å². The molecule has 3 rings (SSSR count). The highest BCUT2D eigenvalue weighted by Crippen LogP contribution is 2.21. The Morgan fingerprint density at radius 3 is 2.57 bits per heavy atom. The summed E-state index contributed by atoms with van der Waals surface area (Å²) < 4.78 is 1.52. The number of halogens is 1. The van der Waals surface area contributed by atoms with E-state index >= 15 is 0 Å². The quantitative estimate of drug-likeness (QED) is 0.792. The van der Waals surface area contributed by atoms with Crippen LogP contribution in [-0.2, 0) is 13.7 Å². The molecule has 0 spiro atoms. The minimum atomic E-state index is -0.113. The lowest BCUT2D eigenvalue weighted by Crippen LogP contribution is -2.20. The van der Waals surface area contributed by atoms with Crippen molar-refractivity contribution in [2.45, 2.75) is 6.61 Å². The summed E-state index contributed by atoms with van der Waals surface area (Å²) in [6, 6.07) is 12.3. The van der Waals surface area contributed by atoms with Gasteiger partial charge < -0.3 is 5.11 Å². The van der Waals surface area contributed by atoms with Gasteiger partial charge in [-0.05, 0) is 23.8 Å². The zero-order chi connectivity index (χ0) is 15.0. The van der Waals surface area contributed by atoms with Crippen LogP contribution in [0.4, 0.5) is 0 Å². The summed E-state index contributed by atoms with van der Waals surface area (Å²) in [6.45, 7) is -0.0139. The molecule has 0 saturated carbocycles. The van der Waals surface area contributed by atoms with Gasteiger partial charge in [-0.2, -0.15) is 0 Å². The largest absolute Gasteiger partial charge is 0.392 e. The van der Waals surface area contributed by atoms with Crippen molar-refractivity contribution in [2.75, 3.05) is 0 Å². The highest BCUT2D eigenvalue weighted by molar-refractivity contribution is 6.31. The Bertz CT molecular complexity index is 870. The Hall–Kier alpha value is -2.17. The van der Waals surface area contributed by atoms with Gasteiger partial charge in [0.25, 0.3) is 5.56 Å². The SMILES string of the molecule is Cn1c(-c2ccc(CO)cc2)nc2cc(Cl)ccc2c1=O. The number of hydrogen-bond acceptors (Lipinski definition) is 3. The number of aliphatic hydroxyl groups is 1. The zero-order valence-corrected chi connectivity index (χ0v) is 12.1. The Kier molecular flexibility index (Phi) is 3.49. The molecule has 106 valence electrons. The smallest absolute Gasteiger partial charge is 0.261 e. The Morgan fingerprint density at radius 1 is 1.19 bits per heavy atom. The van der Waals surface area contributed by atoms with Crippen LogP contribution in [0, 0.1) is 0 Å². The third kappa shape index (κ3) is 2.44. The second kappa shape index (κ2) is 5.31. The van der Waals surface area contributed by atoms with E-state index in [0.29, 0.717) is 21.7 Å². The minimum Gasteiger partial charge on any atom is -0.392 e. The fourth-order valence-electron chi connectivity index (χ4n) is 2.26. The van der Waals surface area contributed by atoms with Gasteiger partial charge in [-0.3, -0.25) is 9.36 Å². The number of fused-ring (bicyclic) bond motifs is 1. The first-order chi connectivity index (χ1) is 10.1. The fourth-order valence-corrected chi connectivity index (χ4v) is 2.43. The lowest BCUT2D eigenvalue weighted by Gasteiger charge is -2.10. The predicted molar refractivity (Wildman–Crippen MR) is 83.4 cm³/mol. The van der Waals surface area contributed by atoms with Gasteiger partial charge in [-0.1, -0.05) is 35.9 Å². The highest BCUT2D eigenvalue weighted by Gasteiger charge is 2.10. The summed E-state index contributed by atoms with van der Waals surface area (Å²) in [5.74, 6) is 0.569. The molecule has 0 aliphatic rings. The van der Waals surface area contributed by atoms with Gasteiger partial charge in [0, 0.05) is 17.6 Å². The summed E-state index contributed by atoms with van der Waals surface area (Å²) in [5.41, 5.74) is 2.09. The van der Waals surface area contributed by atoms with Gasteiger partial charge in [-0.25, -0.2) is 4.98 Å². The number of benzene rings is 2. The lowest BCUT2D eigenvalue weighted by molar-refractivity contribution is 0.282. The van der Waals surface area contributed by atoms with Crippen LogP contribution >= 0.6 is 11.6 Å². The van der Waals surface area contributed by atoms with Gasteiger partial charge in [0.15, 0.2) is 0 Å². The molecular weight excluding hydrogens is 288 g/mol. The number of hydrogen-bond donors (Lipinski definition) is 1. The van der Waals surface area contributed by atoms with Crippen LogP contribution in [-0.4, -0.2) is 14.7 Å². The first kappa shape index (κ1) is 13.8.